The van der Waals surface area contributed by atoms with Crippen molar-refractivity contribution in [3.05, 3.63) is 48.2 Å². The van der Waals surface area contributed by atoms with Crippen molar-refractivity contribution in [3.63, 3.8) is 0 Å². The van der Waals surface area contributed by atoms with Gasteiger partial charge in [0.05, 0.1) is 0 Å². The minimum Gasteiger partial charge on any atom is -0.439 e. The lowest BCUT2D eigenvalue weighted by Gasteiger charge is -2.14. The maximum absolute atomic E-state index is 5.82. The Hall–Kier alpha value is -2.03. The van der Waals surface area contributed by atoms with Crippen LogP contribution >= 0.6 is 0 Å². The predicted molar refractivity (Wildman–Crippen MR) is 73.9 cm³/mol. The molecule has 2 aromatic rings. The van der Waals surface area contributed by atoms with E-state index in [0.29, 0.717) is 17.5 Å². The molecular weight excluding hydrogens is 224 g/mol. The van der Waals surface area contributed by atoms with E-state index in [2.05, 4.69) is 24.9 Å². The summed E-state index contributed by atoms with van der Waals surface area (Å²) < 4.78 is 5.82. The van der Waals surface area contributed by atoms with Crippen LogP contribution in [0.4, 0.5) is 5.69 Å². The zero-order valence-corrected chi connectivity index (χ0v) is 10.8. The van der Waals surface area contributed by atoms with Gasteiger partial charge in [-0.25, -0.2) is 4.98 Å². The van der Waals surface area contributed by atoms with Gasteiger partial charge in [-0.3, -0.25) is 0 Å². The van der Waals surface area contributed by atoms with Gasteiger partial charge >= 0.3 is 0 Å². The van der Waals surface area contributed by atoms with E-state index in [1.807, 2.05) is 18.2 Å². The summed E-state index contributed by atoms with van der Waals surface area (Å²) in [7, 11) is 0. The van der Waals surface area contributed by atoms with E-state index in [9.17, 15) is 0 Å². The van der Waals surface area contributed by atoms with Gasteiger partial charge in [0.25, 0.3) is 0 Å². The van der Waals surface area contributed by atoms with Crippen LogP contribution in [0.5, 0.6) is 11.6 Å². The van der Waals surface area contributed by atoms with Gasteiger partial charge in [0.2, 0.25) is 5.88 Å². The maximum Gasteiger partial charge on any atom is 0.221 e. The van der Waals surface area contributed by atoms with Gasteiger partial charge in [0, 0.05) is 18.0 Å². The molecule has 0 aliphatic rings. The van der Waals surface area contributed by atoms with E-state index in [0.717, 1.165) is 12.2 Å². The van der Waals surface area contributed by atoms with Crippen molar-refractivity contribution >= 4 is 5.69 Å². The van der Waals surface area contributed by atoms with Gasteiger partial charge in [-0.15, -0.1) is 0 Å². The van der Waals surface area contributed by atoms with E-state index >= 15 is 0 Å². The van der Waals surface area contributed by atoms with E-state index in [4.69, 9.17) is 10.5 Å². The van der Waals surface area contributed by atoms with Crippen LogP contribution in [0.25, 0.3) is 0 Å². The lowest BCUT2D eigenvalue weighted by Crippen LogP contribution is -1.97. The number of hydrogen-bond acceptors (Lipinski definition) is 3. The summed E-state index contributed by atoms with van der Waals surface area (Å²) in [5.74, 6) is 1.85. The van der Waals surface area contributed by atoms with Gasteiger partial charge in [-0.05, 0) is 30.0 Å². The van der Waals surface area contributed by atoms with Gasteiger partial charge in [0.15, 0.2) is 0 Å². The first-order chi connectivity index (χ1) is 8.70. The van der Waals surface area contributed by atoms with Crippen molar-refractivity contribution < 1.29 is 4.74 Å². The number of para-hydroxylation sites is 1. The molecular formula is C15H18N2O. The van der Waals surface area contributed by atoms with Crippen molar-refractivity contribution in [2.24, 2.45) is 0 Å². The molecule has 1 heterocycles. The summed E-state index contributed by atoms with van der Waals surface area (Å²) in [6, 6.07) is 11.5. The highest BCUT2D eigenvalue weighted by Gasteiger charge is 2.10. The predicted octanol–water partition coefficient (Wildman–Crippen LogP) is 3.97. The van der Waals surface area contributed by atoms with Crippen LogP contribution < -0.4 is 10.5 Å². The Kier molecular flexibility index (Phi) is 3.82. The summed E-state index contributed by atoms with van der Waals surface area (Å²) >= 11 is 0. The van der Waals surface area contributed by atoms with Crippen LogP contribution in [-0.2, 0) is 0 Å². The minimum atomic E-state index is 0.460. The van der Waals surface area contributed by atoms with Gasteiger partial charge in [0.1, 0.15) is 5.75 Å². The van der Waals surface area contributed by atoms with E-state index in [-0.39, 0.29) is 0 Å². The molecule has 94 valence electrons. The van der Waals surface area contributed by atoms with Crippen molar-refractivity contribution in [1.29, 1.82) is 0 Å². The smallest absolute Gasteiger partial charge is 0.221 e. The Morgan fingerprint density at radius 3 is 2.78 bits per heavy atom. The number of benzene rings is 1. The molecule has 0 aliphatic heterocycles. The molecule has 0 bridgehead atoms. The van der Waals surface area contributed by atoms with Crippen molar-refractivity contribution in [2.75, 3.05) is 5.73 Å². The monoisotopic (exact) mass is 242 g/mol. The highest BCUT2D eigenvalue weighted by molar-refractivity contribution is 5.43. The van der Waals surface area contributed by atoms with Crippen LogP contribution in [0.15, 0.2) is 42.6 Å². The van der Waals surface area contributed by atoms with Crippen molar-refractivity contribution in [2.45, 2.75) is 26.2 Å². The van der Waals surface area contributed by atoms with Crippen LogP contribution in [0.2, 0.25) is 0 Å². The van der Waals surface area contributed by atoms with Crippen LogP contribution in [-0.4, -0.2) is 4.98 Å². The van der Waals surface area contributed by atoms with E-state index in [1.165, 1.54) is 5.56 Å². The number of hydrogen-bond donors (Lipinski definition) is 1. The lowest BCUT2D eigenvalue weighted by atomic mass is 9.98. The number of pyridine rings is 1. The highest BCUT2D eigenvalue weighted by Crippen LogP contribution is 2.31. The fourth-order valence-electron chi connectivity index (χ4n) is 1.79. The molecule has 0 radical (unpaired) electrons. The Morgan fingerprint density at radius 1 is 1.28 bits per heavy atom. The first-order valence-corrected chi connectivity index (χ1v) is 6.19. The second-order valence-electron chi connectivity index (χ2n) is 4.38. The zero-order chi connectivity index (χ0) is 13.0. The first-order valence-electron chi connectivity index (χ1n) is 6.19. The van der Waals surface area contributed by atoms with E-state index in [1.54, 1.807) is 18.3 Å². The van der Waals surface area contributed by atoms with Crippen molar-refractivity contribution in [1.82, 2.24) is 4.98 Å². The van der Waals surface area contributed by atoms with Gasteiger partial charge in [-0.1, -0.05) is 32.0 Å². The molecule has 1 aromatic heterocycles. The number of nitrogens with zero attached hydrogens (tertiary/aromatic N) is 1. The average molecular weight is 242 g/mol. The van der Waals surface area contributed by atoms with Gasteiger partial charge < -0.3 is 10.5 Å². The number of anilines is 1. The molecule has 3 nitrogen and oxygen atoms in total. The standard InChI is InChI=1S/C15H18N2O/c1-3-11(2)13-6-4-5-7-14(13)18-15-10-12(16)8-9-17-15/h4-11H,3H2,1-2H3,(H2,16,17). The average Bonchev–Trinajstić information content (AvgIpc) is 2.38. The van der Waals surface area contributed by atoms with E-state index < -0.39 is 0 Å². The summed E-state index contributed by atoms with van der Waals surface area (Å²) in [4.78, 5) is 4.16. The largest absolute Gasteiger partial charge is 0.439 e. The Bertz CT molecular complexity index is 525. The molecule has 0 fully saturated rings. The molecule has 3 heteroatoms. The summed E-state index contributed by atoms with van der Waals surface area (Å²) in [5.41, 5.74) is 7.57. The lowest BCUT2D eigenvalue weighted by molar-refractivity contribution is 0.452. The number of ether oxygens (including phenoxy) is 1. The number of nitrogen functional groups attached to an aromatic ring is 1. The first kappa shape index (κ1) is 12.4. The molecule has 1 atom stereocenters. The number of rotatable bonds is 4. The Labute approximate surface area is 108 Å². The molecule has 0 saturated carbocycles. The number of aromatic nitrogens is 1. The molecule has 0 amide bonds. The summed E-state index contributed by atoms with van der Waals surface area (Å²) in [6.45, 7) is 4.36. The third-order valence-corrected chi connectivity index (χ3v) is 3.04. The van der Waals surface area contributed by atoms with Crippen molar-refractivity contribution in [3.8, 4) is 11.6 Å². The number of nitrogens with two attached hydrogens (primary N) is 1. The molecule has 0 aliphatic carbocycles. The Balaban J connectivity index is 2.29. The highest BCUT2D eigenvalue weighted by atomic mass is 16.5. The molecule has 2 N–H and O–H groups in total. The second kappa shape index (κ2) is 5.54. The molecule has 0 spiro atoms. The van der Waals surface area contributed by atoms with Crippen LogP contribution in [0.3, 0.4) is 0 Å². The summed E-state index contributed by atoms with van der Waals surface area (Å²) in [5, 5.41) is 0. The minimum absolute atomic E-state index is 0.460. The third kappa shape index (κ3) is 2.80. The SMILES string of the molecule is CCC(C)c1ccccc1Oc1cc(N)ccn1. The zero-order valence-electron chi connectivity index (χ0n) is 10.8. The fourth-order valence-corrected chi connectivity index (χ4v) is 1.79. The topological polar surface area (TPSA) is 48.1 Å². The molecule has 1 aromatic carbocycles. The molecule has 1 unspecified atom stereocenters. The van der Waals surface area contributed by atoms with Gasteiger partial charge in [-0.2, -0.15) is 0 Å². The summed E-state index contributed by atoms with van der Waals surface area (Å²) in [6.07, 6.45) is 2.72. The third-order valence-electron chi connectivity index (χ3n) is 3.04. The molecule has 2 rings (SSSR count). The van der Waals surface area contributed by atoms with Crippen LogP contribution in [0.1, 0.15) is 31.7 Å². The Morgan fingerprint density at radius 2 is 2.06 bits per heavy atom. The fraction of sp³-hybridized carbons (Fsp3) is 0.267. The second-order valence-corrected chi connectivity index (χ2v) is 4.38. The molecule has 18 heavy (non-hydrogen) atoms. The molecule has 0 saturated heterocycles. The normalized spacial score (nSPS) is 12.1. The quantitative estimate of drug-likeness (QED) is 0.882. The maximum atomic E-state index is 5.82. The van der Waals surface area contributed by atoms with Crippen LogP contribution in [0, 0.1) is 0 Å².